The average Bonchev–Trinajstić information content (AvgIpc) is 3.38. The molecule has 1 saturated carbocycles. The van der Waals surface area contributed by atoms with Crippen LogP contribution in [-0.2, 0) is 25.5 Å². The lowest BCUT2D eigenvalue weighted by Crippen LogP contribution is -2.52. The molecule has 0 heterocycles. The van der Waals surface area contributed by atoms with E-state index in [1.54, 1.807) is 12.1 Å². The molecular formula is C18H23FN2O4. The van der Waals surface area contributed by atoms with Gasteiger partial charge in [0.2, 0.25) is 11.8 Å². The van der Waals surface area contributed by atoms with Gasteiger partial charge in [0.05, 0.1) is 7.11 Å². The van der Waals surface area contributed by atoms with Crippen molar-refractivity contribution in [2.75, 3.05) is 7.11 Å². The molecule has 1 aromatic carbocycles. The summed E-state index contributed by atoms with van der Waals surface area (Å²) < 4.78 is 17.8. The van der Waals surface area contributed by atoms with Crippen LogP contribution in [0.1, 0.15) is 31.7 Å². The maximum atomic E-state index is 13.0. The molecule has 2 rings (SSSR count). The summed E-state index contributed by atoms with van der Waals surface area (Å²) in [5, 5.41) is 5.25. The van der Waals surface area contributed by atoms with Crippen molar-refractivity contribution < 1.29 is 23.5 Å². The van der Waals surface area contributed by atoms with Gasteiger partial charge in [0.15, 0.2) is 0 Å². The predicted molar refractivity (Wildman–Crippen MR) is 89.0 cm³/mol. The summed E-state index contributed by atoms with van der Waals surface area (Å²) >= 11 is 0. The Morgan fingerprint density at radius 2 is 1.80 bits per heavy atom. The fourth-order valence-corrected chi connectivity index (χ4v) is 2.63. The van der Waals surface area contributed by atoms with Crippen LogP contribution in [0.3, 0.4) is 0 Å². The van der Waals surface area contributed by atoms with Crippen LogP contribution >= 0.6 is 0 Å². The number of esters is 1. The Morgan fingerprint density at radius 3 is 2.32 bits per heavy atom. The molecule has 0 aromatic heterocycles. The van der Waals surface area contributed by atoms with Crippen LogP contribution < -0.4 is 10.6 Å². The summed E-state index contributed by atoms with van der Waals surface area (Å²) in [6.45, 7) is 1.31. The molecule has 0 aliphatic heterocycles. The zero-order valence-electron chi connectivity index (χ0n) is 14.4. The van der Waals surface area contributed by atoms with Crippen LogP contribution in [0.5, 0.6) is 0 Å². The second-order valence-electron chi connectivity index (χ2n) is 6.35. The number of amides is 2. The molecule has 1 aliphatic carbocycles. The number of nitrogens with one attached hydrogen (secondary N) is 2. The Labute approximate surface area is 146 Å². The van der Waals surface area contributed by atoms with Crippen molar-refractivity contribution in [3.8, 4) is 0 Å². The summed E-state index contributed by atoms with van der Waals surface area (Å²) in [5.74, 6) is -1.28. The molecule has 0 unspecified atom stereocenters. The third kappa shape index (κ3) is 6.17. The molecule has 1 aromatic rings. The molecule has 2 atom stereocenters. The highest BCUT2D eigenvalue weighted by molar-refractivity contribution is 5.90. The second-order valence-corrected chi connectivity index (χ2v) is 6.35. The Morgan fingerprint density at radius 1 is 1.16 bits per heavy atom. The van der Waals surface area contributed by atoms with E-state index >= 15 is 0 Å². The number of ether oxygens (including phenoxy) is 1. The summed E-state index contributed by atoms with van der Waals surface area (Å²) in [7, 11) is 1.28. The highest BCUT2D eigenvalue weighted by atomic mass is 19.1. The fraction of sp³-hybridized carbons (Fsp3) is 0.500. The molecule has 0 bridgehead atoms. The van der Waals surface area contributed by atoms with Crippen LogP contribution in [-0.4, -0.2) is 37.0 Å². The smallest absolute Gasteiger partial charge is 0.328 e. The van der Waals surface area contributed by atoms with Crippen molar-refractivity contribution in [3.63, 3.8) is 0 Å². The maximum Gasteiger partial charge on any atom is 0.328 e. The second kappa shape index (κ2) is 8.60. The number of carbonyl (C=O) groups excluding carboxylic acids is 3. The van der Waals surface area contributed by atoms with E-state index in [2.05, 4.69) is 10.6 Å². The number of carbonyl (C=O) groups is 3. The predicted octanol–water partition coefficient (Wildman–Crippen LogP) is 1.33. The molecule has 2 amide bonds. The van der Waals surface area contributed by atoms with Gasteiger partial charge in [0.25, 0.3) is 0 Å². The number of halogens is 1. The summed E-state index contributed by atoms with van der Waals surface area (Å²) in [6.07, 6.45) is 2.80. The van der Waals surface area contributed by atoms with Gasteiger partial charge in [0, 0.05) is 13.3 Å². The minimum Gasteiger partial charge on any atom is -0.467 e. The van der Waals surface area contributed by atoms with Gasteiger partial charge in [0.1, 0.15) is 17.9 Å². The highest BCUT2D eigenvalue weighted by Crippen LogP contribution is 2.33. The zero-order valence-corrected chi connectivity index (χ0v) is 14.4. The van der Waals surface area contributed by atoms with E-state index in [9.17, 15) is 18.8 Å². The van der Waals surface area contributed by atoms with Gasteiger partial charge >= 0.3 is 5.97 Å². The molecule has 6 nitrogen and oxygen atoms in total. The molecule has 0 spiro atoms. The first-order valence-corrected chi connectivity index (χ1v) is 8.28. The molecule has 1 aliphatic rings. The van der Waals surface area contributed by atoms with Crippen molar-refractivity contribution in [2.24, 2.45) is 5.92 Å². The number of hydrogen-bond donors (Lipinski definition) is 2. The summed E-state index contributed by atoms with van der Waals surface area (Å²) in [4.78, 5) is 35.9. The van der Waals surface area contributed by atoms with E-state index in [-0.39, 0.29) is 18.1 Å². The Hall–Kier alpha value is -2.44. The number of benzene rings is 1. The molecule has 0 radical (unpaired) electrons. The van der Waals surface area contributed by atoms with E-state index in [0.29, 0.717) is 17.9 Å². The monoisotopic (exact) mass is 350 g/mol. The topological polar surface area (TPSA) is 84.5 Å². The quantitative estimate of drug-likeness (QED) is 0.693. The maximum absolute atomic E-state index is 13.0. The largest absolute Gasteiger partial charge is 0.467 e. The molecular weight excluding hydrogens is 327 g/mol. The lowest BCUT2D eigenvalue weighted by molar-refractivity contribution is -0.145. The van der Waals surface area contributed by atoms with Crippen LogP contribution in [0.15, 0.2) is 24.3 Å². The van der Waals surface area contributed by atoms with E-state index < -0.39 is 24.0 Å². The average molecular weight is 350 g/mol. The highest BCUT2D eigenvalue weighted by Gasteiger charge is 2.32. The van der Waals surface area contributed by atoms with Gasteiger partial charge in [-0.15, -0.1) is 0 Å². The number of methoxy groups -OCH3 is 1. The van der Waals surface area contributed by atoms with Gasteiger partial charge < -0.3 is 15.4 Å². The van der Waals surface area contributed by atoms with Gasteiger partial charge in [-0.1, -0.05) is 25.0 Å². The van der Waals surface area contributed by atoms with Crippen LogP contribution in [0.4, 0.5) is 4.39 Å². The van der Waals surface area contributed by atoms with Gasteiger partial charge in [-0.05, 0) is 30.0 Å². The standard InChI is InChI=1S/C18H23FN2O4/c1-11(22)20-15(9-13-5-7-14(19)8-6-13)17(23)21-16(18(24)25-2)10-12-3-4-12/h5-8,12,15-16H,3-4,9-10H2,1-2H3,(H,20,22)(H,21,23)/t15-,16-/m1/s1. The SMILES string of the molecule is COC(=O)[C@@H](CC1CC1)NC(=O)[C@@H](Cc1ccc(F)cc1)NC(C)=O. The van der Waals surface area contributed by atoms with Crippen molar-refractivity contribution in [3.05, 3.63) is 35.6 Å². The van der Waals surface area contributed by atoms with Crippen LogP contribution in [0.25, 0.3) is 0 Å². The molecule has 2 N–H and O–H groups in total. The zero-order chi connectivity index (χ0) is 18.4. The molecule has 136 valence electrons. The normalized spacial score (nSPS) is 15.8. The minimum absolute atomic E-state index is 0.197. The van der Waals surface area contributed by atoms with Crippen molar-refractivity contribution in [1.29, 1.82) is 0 Å². The molecule has 1 fully saturated rings. The first-order valence-electron chi connectivity index (χ1n) is 8.28. The van der Waals surface area contributed by atoms with Crippen LogP contribution in [0, 0.1) is 11.7 Å². The Kier molecular flexibility index (Phi) is 6.50. The third-order valence-corrected chi connectivity index (χ3v) is 4.12. The third-order valence-electron chi connectivity index (χ3n) is 4.12. The van der Waals surface area contributed by atoms with E-state index in [1.807, 2.05) is 0 Å². The van der Waals surface area contributed by atoms with Gasteiger partial charge in [-0.2, -0.15) is 0 Å². The first-order chi connectivity index (χ1) is 11.9. The molecule has 0 saturated heterocycles. The van der Waals surface area contributed by atoms with Gasteiger partial charge in [-0.3, -0.25) is 9.59 Å². The Balaban J connectivity index is 2.05. The number of rotatable bonds is 8. The number of hydrogen-bond acceptors (Lipinski definition) is 4. The van der Waals surface area contributed by atoms with E-state index in [1.165, 1.54) is 26.2 Å². The molecule has 7 heteroatoms. The molecule has 25 heavy (non-hydrogen) atoms. The minimum atomic E-state index is -0.852. The lowest BCUT2D eigenvalue weighted by Gasteiger charge is -2.22. The first kappa shape index (κ1) is 18.9. The summed E-state index contributed by atoms with van der Waals surface area (Å²) in [6, 6.07) is 4.12. The summed E-state index contributed by atoms with van der Waals surface area (Å²) in [5.41, 5.74) is 0.701. The van der Waals surface area contributed by atoms with E-state index in [0.717, 1.165) is 12.8 Å². The van der Waals surface area contributed by atoms with Gasteiger partial charge in [-0.25, -0.2) is 9.18 Å². The van der Waals surface area contributed by atoms with E-state index in [4.69, 9.17) is 4.74 Å². The Bertz CT molecular complexity index is 628. The lowest BCUT2D eigenvalue weighted by atomic mass is 10.0. The fourth-order valence-electron chi connectivity index (χ4n) is 2.63. The van der Waals surface area contributed by atoms with Crippen molar-refractivity contribution >= 4 is 17.8 Å². The van der Waals surface area contributed by atoms with Crippen LogP contribution in [0.2, 0.25) is 0 Å². The van der Waals surface area contributed by atoms with Crippen molar-refractivity contribution in [1.82, 2.24) is 10.6 Å². The van der Waals surface area contributed by atoms with Crippen molar-refractivity contribution in [2.45, 2.75) is 44.7 Å².